The van der Waals surface area contributed by atoms with Gasteiger partial charge in [-0.05, 0) is 18.8 Å². The Morgan fingerprint density at radius 3 is 3.00 bits per heavy atom. The van der Waals surface area contributed by atoms with Gasteiger partial charge in [0.05, 0.1) is 0 Å². The number of carbonyl (C=O) groups is 1. The molecule has 0 saturated heterocycles. The van der Waals surface area contributed by atoms with Crippen LogP contribution >= 0.6 is 0 Å². The summed E-state index contributed by atoms with van der Waals surface area (Å²) in [5.41, 5.74) is 0. The fourth-order valence-electron chi connectivity index (χ4n) is 1.57. The van der Waals surface area contributed by atoms with Gasteiger partial charge in [-0.3, -0.25) is 9.89 Å². The van der Waals surface area contributed by atoms with Crippen molar-refractivity contribution < 1.29 is 9.90 Å². The molecule has 1 amide bonds. The normalized spacial score (nSPS) is 12.4. The van der Waals surface area contributed by atoms with Crippen molar-refractivity contribution in [1.82, 2.24) is 20.5 Å². The van der Waals surface area contributed by atoms with Gasteiger partial charge in [-0.2, -0.15) is 5.10 Å². The van der Waals surface area contributed by atoms with Gasteiger partial charge in [-0.25, -0.2) is 4.98 Å². The summed E-state index contributed by atoms with van der Waals surface area (Å²) in [7, 11) is 0. The first-order valence-corrected chi connectivity index (χ1v) is 5.52. The summed E-state index contributed by atoms with van der Waals surface area (Å²) in [4.78, 5) is 15.3. The van der Waals surface area contributed by atoms with E-state index in [2.05, 4.69) is 27.4 Å². The van der Waals surface area contributed by atoms with Crippen molar-refractivity contribution in [3.63, 3.8) is 0 Å². The second kappa shape index (κ2) is 6.95. The Bertz CT molecular complexity index is 294. The van der Waals surface area contributed by atoms with E-state index in [1.165, 1.54) is 6.33 Å². The van der Waals surface area contributed by atoms with Gasteiger partial charge in [0.2, 0.25) is 5.82 Å². The second-order valence-electron chi connectivity index (χ2n) is 3.71. The molecule has 0 aliphatic carbocycles. The lowest BCUT2D eigenvalue weighted by Gasteiger charge is -2.14. The first-order chi connectivity index (χ1) is 7.77. The van der Waals surface area contributed by atoms with Crippen molar-refractivity contribution in [3.05, 3.63) is 12.2 Å². The Labute approximate surface area is 94.5 Å². The van der Waals surface area contributed by atoms with Crippen molar-refractivity contribution in [2.75, 3.05) is 13.2 Å². The van der Waals surface area contributed by atoms with E-state index >= 15 is 0 Å². The van der Waals surface area contributed by atoms with E-state index in [0.717, 1.165) is 12.8 Å². The summed E-state index contributed by atoms with van der Waals surface area (Å²) < 4.78 is 0. The van der Waals surface area contributed by atoms with Crippen LogP contribution in [0, 0.1) is 5.92 Å². The van der Waals surface area contributed by atoms with Gasteiger partial charge >= 0.3 is 0 Å². The molecule has 16 heavy (non-hydrogen) atoms. The Morgan fingerprint density at radius 2 is 2.44 bits per heavy atom. The predicted octanol–water partition coefficient (Wildman–Crippen LogP) is 0.333. The fraction of sp³-hybridized carbons (Fsp3) is 0.700. The van der Waals surface area contributed by atoms with Gasteiger partial charge in [-0.1, -0.05) is 13.3 Å². The zero-order chi connectivity index (χ0) is 11.8. The zero-order valence-corrected chi connectivity index (χ0v) is 9.44. The number of nitrogens with zero attached hydrogens (tertiary/aromatic N) is 2. The van der Waals surface area contributed by atoms with Crippen molar-refractivity contribution in [3.8, 4) is 0 Å². The van der Waals surface area contributed by atoms with Crippen LogP contribution in [0.1, 0.15) is 36.8 Å². The van der Waals surface area contributed by atoms with E-state index in [1.54, 1.807) is 0 Å². The molecule has 90 valence electrons. The minimum Gasteiger partial charge on any atom is -0.396 e. The topological polar surface area (TPSA) is 90.9 Å². The molecule has 0 bridgehead atoms. The quantitative estimate of drug-likeness (QED) is 0.625. The molecule has 1 aromatic heterocycles. The smallest absolute Gasteiger partial charge is 0.288 e. The second-order valence-corrected chi connectivity index (χ2v) is 3.71. The Kier molecular flexibility index (Phi) is 5.49. The molecule has 1 atom stereocenters. The van der Waals surface area contributed by atoms with Crippen LogP contribution in [0.2, 0.25) is 0 Å². The van der Waals surface area contributed by atoms with E-state index < -0.39 is 0 Å². The highest BCUT2D eigenvalue weighted by molar-refractivity contribution is 5.90. The Morgan fingerprint density at radius 1 is 1.62 bits per heavy atom. The van der Waals surface area contributed by atoms with Crippen LogP contribution in [-0.2, 0) is 0 Å². The molecule has 1 heterocycles. The summed E-state index contributed by atoms with van der Waals surface area (Å²) in [5, 5.41) is 17.8. The van der Waals surface area contributed by atoms with Gasteiger partial charge in [0.25, 0.3) is 5.91 Å². The van der Waals surface area contributed by atoms with Crippen LogP contribution in [0.3, 0.4) is 0 Å². The van der Waals surface area contributed by atoms with Crippen LogP contribution in [0.5, 0.6) is 0 Å². The molecule has 0 aliphatic heterocycles. The van der Waals surface area contributed by atoms with Gasteiger partial charge in [-0.15, -0.1) is 0 Å². The van der Waals surface area contributed by atoms with Gasteiger partial charge in [0.15, 0.2) is 0 Å². The number of aliphatic hydroxyl groups excluding tert-OH is 1. The van der Waals surface area contributed by atoms with Crippen LogP contribution in [0.4, 0.5) is 0 Å². The van der Waals surface area contributed by atoms with Gasteiger partial charge < -0.3 is 10.4 Å². The number of hydrogen-bond acceptors (Lipinski definition) is 4. The van der Waals surface area contributed by atoms with Crippen LogP contribution in [0.25, 0.3) is 0 Å². The summed E-state index contributed by atoms with van der Waals surface area (Å²) >= 11 is 0. The summed E-state index contributed by atoms with van der Waals surface area (Å²) in [5.74, 6) is 0.290. The third-order valence-electron chi connectivity index (χ3n) is 2.42. The number of aromatic nitrogens is 3. The van der Waals surface area contributed by atoms with E-state index in [9.17, 15) is 4.79 Å². The molecular weight excluding hydrogens is 208 g/mol. The highest BCUT2D eigenvalue weighted by Crippen LogP contribution is 2.09. The number of H-pyrrole nitrogens is 1. The monoisotopic (exact) mass is 226 g/mol. The molecule has 1 aromatic rings. The molecule has 0 spiro atoms. The van der Waals surface area contributed by atoms with E-state index in [-0.39, 0.29) is 18.3 Å². The number of rotatable bonds is 7. The Hall–Kier alpha value is -1.43. The lowest BCUT2D eigenvalue weighted by molar-refractivity contribution is 0.0933. The summed E-state index contributed by atoms with van der Waals surface area (Å²) in [6, 6.07) is 0. The molecule has 6 nitrogen and oxygen atoms in total. The highest BCUT2D eigenvalue weighted by atomic mass is 16.3. The summed E-state index contributed by atoms with van der Waals surface area (Å²) in [6.07, 6.45) is 4.05. The maximum Gasteiger partial charge on any atom is 0.288 e. The standard InChI is InChI=1S/C10H18N4O2/c1-2-3-8(4-5-15)6-11-10(16)9-12-7-13-14-9/h7-8,15H,2-6H2,1H3,(H,11,16)(H,12,13,14). The third kappa shape index (κ3) is 3.98. The number of amides is 1. The van der Waals surface area contributed by atoms with E-state index in [0.29, 0.717) is 18.9 Å². The molecule has 6 heteroatoms. The summed E-state index contributed by atoms with van der Waals surface area (Å²) in [6.45, 7) is 2.80. The number of aromatic amines is 1. The molecule has 3 N–H and O–H groups in total. The van der Waals surface area contributed by atoms with E-state index in [4.69, 9.17) is 5.11 Å². The van der Waals surface area contributed by atoms with Gasteiger partial charge in [0, 0.05) is 13.2 Å². The number of carbonyl (C=O) groups excluding carboxylic acids is 1. The van der Waals surface area contributed by atoms with Crippen LogP contribution in [-0.4, -0.2) is 39.3 Å². The molecule has 0 radical (unpaired) electrons. The average Bonchev–Trinajstić information content (AvgIpc) is 2.79. The SMILES string of the molecule is CCCC(CCO)CNC(=O)c1ncn[nH]1. The fourth-order valence-corrected chi connectivity index (χ4v) is 1.57. The molecule has 0 saturated carbocycles. The van der Waals surface area contributed by atoms with Crippen molar-refractivity contribution in [1.29, 1.82) is 0 Å². The highest BCUT2D eigenvalue weighted by Gasteiger charge is 2.12. The largest absolute Gasteiger partial charge is 0.396 e. The predicted molar refractivity (Wildman–Crippen MR) is 58.8 cm³/mol. The maximum absolute atomic E-state index is 11.5. The van der Waals surface area contributed by atoms with Crippen molar-refractivity contribution >= 4 is 5.91 Å². The number of hydrogen-bond donors (Lipinski definition) is 3. The number of aliphatic hydroxyl groups is 1. The van der Waals surface area contributed by atoms with Gasteiger partial charge in [0.1, 0.15) is 6.33 Å². The zero-order valence-electron chi connectivity index (χ0n) is 9.44. The Balaban J connectivity index is 2.34. The van der Waals surface area contributed by atoms with E-state index in [1.807, 2.05) is 0 Å². The van der Waals surface area contributed by atoms with Crippen molar-refractivity contribution in [2.24, 2.45) is 5.92 Å². The lowest BCUT2D eigenvalue weighted by Crippen LogP contribution is -2.30. The first-order valence-electron chi connectivity index (χ1n) is 5.52. The molecule has 1 unspecified atom stereocenters. The number of nitrogens with one attached hydrogen (secondary N) is 2. The molecule has 0 fully saturated rings. The third-order valence-corrected chi connectivity index (χ3v) is 2.42. The molecule has 0 aromatic carbocycles. The lowest BCUT2D eigenvalue weighted by atomic mass is 10.0. The molecule has 0 aliphatic rings. The van der Waals surface area contributed by atoms with Crippen LogP contribution < -0.4 is 5.32 Å². The average molecular weight is 226 g/mol. The molecular formula is C10H18N4O2. The minimum atomic E-state index is -0.253. The molecule has 1 rings (SSSR count). The van der Waals surface area contributed by atoms with Crippen LogP contribution in [0.15, 0.2) is 6.33 Å². The van der Waals surface area contributed by atoms with Crippen molar-refractivity contribution in [2.45, 2.75) is 26.2 Å². The minimum absolute atomic E-state index is 0.156. The maximum atomic E-state index is 11.5. The first kappa shape index (κ1) is 12.6.